The number of carbonyl (C=O) groups is 2. The Kier molecular flexibility index (Phi) is 8.28. The van der Waals surface area contributed by atoms with Crippen LogP contribution in [0.25, 0.3) is 0 Å². The van der Waals surface area contributed by atoms with Crippen molar-refractivity contribution in [3.63, 3.8) is 0 Å². The van der Waals surface area contributed by atoms with Crippen LogP contribution in [0.2, 0.25) is 5.02 Å². The zero-order valence-electron chi connectivity index (χ0n) is 12.1. The van der Waals surface area contributed by atoms with Gasteiger partial charge in [0.25, 0.3) is 0 Å². The molecule has 0 heterocycles. The van der Waals surface area contributed by atoms with Gasteiger partial charge in [-0.3, -0.25) is 9.59 Å². The van der Waals surface area contributed by atoms with Crippen LogP contribution >= 0.6 is 11.6 Å². The maximum atomic E-state index is 11.5. The van der Waals surface area contributed by atoms with Gasteiger partial charge < -0.3 is 14.8 Å². The topological polar surface area (TPSA) is 64.6 Å². The molecule has 0 atom stereocenters. The fourth-order valence-electron chi connectivity index (χ4n) is 1.60. The highest BCUT2D eigenvalue weighted by atomic mass is 35.5. The number of nitrogens with one attached hydrogen (secondary N) is 1. The van der Waals surface area contributed by atoms with Gasteiger partial charge in [-0.25, -0.2) is 0 Å². The first-order valence-corrected chi connectivity index (χ1v) is 7.21. The van der Waals surface area contributed by atoms with E-state index < -0.39 is 0 Å². The lowest BCUT2D eigenvalue weighted by Gasteiger charge is -2.07. The summed E-state index contributed by atoms with van der Waals surface area (Å²) in [5, 5.41) is 3.42. The lowest BCUT2D eigenvalue weighted by molar-refractivity contribution is -0.140. The van der Waals surface area contributed by atoms with Crippen molar-refractivity contribution in [2.75, 3.05) is 20.3 Å². The fraction of sp³-hybridized carbons (Fsp3) is 0.467. The Bertz CT molecular complexity index is 447. The number of ether oxygens (including phenoxy) is 2. The third-order valence-electron chi connectivity index (χ3n) is 2.77. The van der Waals surface area contributed by atoms with E-state index in [4.69, 9.17) is 16.3 Å². The molecule has 5 nitrogen and oxygen atoms in total. The molecule has 1 aromatic carbocycles. The minimum absolute atomic E-state index is 0.0676. The van der Waals surface area contributed by atoms with Crippen molar-refractivity contribution < 1.29 is 19.1 Å². The van der Waals surface area contributed by atoms with Crippen LogP contribution in [0.1, 0.15) is 25.7 Å². The summed E-state index contributed by atoms with van der Waals surface area (Å²) in [5.41, 5.74) is 0. The van der Waals surface area contributed by atoms with Crippen molar-refractivity contribution in [3.8, 4) is 5.75 Å². The predicted octanol–water partition coefficient (Wildman–Crippen LogP) is 2.57. The van der Waals surface area contributed by atoms with Crippen LogP contribution in [0, 0.1) is 0 Å². The predicted molar refractivity (Wildman–Crippen MR) is 80.4 cm³/mol. The van der Waals surface area contributed by atoms with Gasteiger partial charge in [-0.2, -0.15) is 0 Å². The maximum absolute atomic E-state index is 11.5. The summed E-state index contributed by atoms with van der Waals surface area (Å²) in [6.07, 6.45) is 2.12. The molecular formula is C15H20ClNO4. The molecule has 6 heteroatoms. The van der Waals surface area contributed by atoms with Crippen molar-refractivity contribution in [1.29, 1.82) is 0 Å². The molecule has 0 unspecified atom stereocenters. The summed E-state index contributed by atoms with van der Waals surface area (Å²) in [5.74, 6) is 0.394. The molecular weight excluding hydrogens is 294 g/mol. The molecule has 0 bridgehead atoms. The number of unbranched alkanes of at least 4 members (excludes halogenated alkanes) is 1. The van der Waals surface area contributed by atoms with Gasteiger partial charge in [0.1, 0.15) is 5.75 Å². The molecule has 0 spiro atoms. The number of hydrogen-bond donors (Lipinski definition) is 1. The third kappa shape index (κ3) is 8.19. The Morgan fingerprint density at radius 3 is 2.52 bits per heavy atom. The van der Waals surface area contributed by atoms with Crippen LogP contribution in [-0.2, 0) is 14.3 Å². The third-order valence-corrected chi connectivity index (χ3v) is 3.02. The van der Waals surface area contributed by atoms with Gasteiger partial charge >= 0.3 is 5.97 Å². The molecule has 0 fully saturated rings. The average Bonchev–Trinajstić information content (AvgIpc) is 2.48. The second kappa shape index (κ2) is 10.0. The summed E-state index contributed by atoms with van der Waals surface area (Å²) in [6, 6.07) is 6.98. The number of halogens is 1. The molecule has 0 radical (unpaired) electrons. The molecule has 1 amide bonds. The van der Waals surface area contributed by atoms with Crippen molar-refractivity contribution in [3.05, 3.63) is 29.3 Å². The van der Waals surface area contributed by atoms with Crippen molar-refractivity contribution in [2.45, 2.75) is 25.7 Å². The Labute approximate surface area is 129 Å². The zero-order valence-corrected chi connectivity index (χ0v) is 12.8. The molecule has 1 aromatic rings. The van der Waals surface area contributed by atoms with Gasteiger partial charge in [-0.15, -0.1) is 0 Å². The second-order valence-electron chi connectivity index (χ2n) is 4.44. The van der Waals surface area contributed by atoms with Gasteiger partial charge in [0.2, 0.25) is 5.91 Å². The molecule has 0 saturated carbocycles. The molecule has 0 aliphatic carbocycles. The van der Waals surface area contributed by atoms with Gasteiger partial charge in [0.15, 0.2) is 0 Å². The number of carbonyl (C=O) groups excluding carboxylic acids is 2. The average molecular weight is 314 g/mol. The summed E-state index contributed by atoms with van der Waals surface area (Å²) in [7, 11) is 1.37. The van der Waals surface area contributed by atoms with E-state index in [-0.39, 0.29) is 11.9 Å². The zero-order chi connectivity index (χ0) is 15.5. The van der Waals surface area contributed by atoms with E-state index in [0.29, 0.717) is 43.2 Å². The first-order chi connectivity index (χ1) is 10.1. The van der Waals surface area contributed by atoms with E-state index in [1.54, 1.807) is 24.3 Å². The molecule has 1 rings (SSSR count). The van der Waals surface area contributed by atoms with Crippen LogP contribution in [0.3, 0.4) is 0 Å². The van der Waals surface area contributed by atoms with E-state index in [2.05, 4.69) is 10.1 Å². The van der Waals surface area contributed by atoms with Gasteiger partial charge in [-0.05, 0) is 37.1 Å². The Morgan fingerprint density at radius 2 is 1.86 bits per heavy atom. The number of rotatable bonds is 9. The highest BCUT2D eigenvalue weighted by Gasteiger charge is 2.03. The molecule has 0 aliphatic heterocycles. The largest absolute Gasteiger partial charge is 0.493 e. The summed E-state index contributed by atoms with van der Waals surface area (Å²) in [6.45, 7) is 0.867. The summed E-state index contributed by atoms with van der Waals surface area (Å²) in [4.78, 5) is 22.4. The Hall–Kier alpha value is -1.75. The SMILES string of the molecule is COC(=O)CCCCNC(=O)CCOc1ccc(Cl)cc1. The van der Waals surface area contributed by atoms with Crippen LogP contribution in [-0.4, -0.2) is 32.1 Å². The van der Waals surface area contributed by atoms with Crippen LogP contribution in [0.15, 0.2) is 24.3 Å². The van der Waals surface area contributed by atoms with Gasteiger partial charge in [0, 0.05) is 18.0 Å². The quantitative estimate of drug-likeness (QED) is 0.562. The van der Waals surface area contributed by atoms with Crippen LogP contribution < -0.4 is 10.1 Å². The molecule has 116 valence electrons. The van der Waals surface area contributed by atoms with Gasteiger partial charge in [-0.1, -0.05) is 11.6 Å². The second-order valence-corrected chi connectivity index (χ2v) is 4.87. The minimum Gasteiger partial charge on any atom is -0.493 e. The van der Waals surface area contributed by atoms with E-state index in [1.165, 1.54) is 7.11 Å². The number of methoxy groups -OCH3 is 1. The maximum Gasteiger partial charge on any atom is 0.305 e. The van der Waals surface area contributed by atoms with Gasteiger partial charge in [0.05, 0.1) is 20.1 Å². The number of benzene rings is 1. The lowest BCUT2D eigenvalue weighted by Crippen LogP contribution is -2.26. The monoisotopic (exact) mass is 313 g/mol. The number of hydrogen-bond acceptors (Lipinski definition) is 4. The smallest absolute Gasteiger partial charge is 0.305 e. The first-order valence-electron chi connectivity index (χ1n) is 6.83. The number of esters is 1. The van der Waals surface area contributed by atoms with Crippen molar-refractivity contribution in [1.82, 2.24) is 5.32 Å². The van der Waals surface area contributed by atoms with Crippen LogP contribution in [0.4, 0.5) is 0 Å². The van der Waals surface area contributed by atoms with E-state index in [9.17, 15) is 9.59 Å². The molecule has 0 aliphatic rings. The standard InChI is InChI=1S/C15H20ClNO4/c1-20-15(19)4-2-3-10-17-14(18)9-11-21-13-7-5-12(16)6-8-13/h5-8H,2-4,9-11H2,1H3,(H,17,18). The van der Waals surface area contributed by atoms with E-state index in [0.717, 1.165) is 6.42 Å². The molecule has 0 saturated heterocycles. The lowest BCUT2D eigenvalue weighted by atomic mass is 10.2. The molecule has 0 aromatic heterocycles. The van der Waals surface area contributed by atoms with Crippen molar-refractivity contribution in [2.24, 2.45) is 0 Å². The van der Waals surface area contributed by atoms with Crippen LogP contribution in [0.5, 0.6) is 5.75 Å². The Balaban J connectivity index is 2.03. The summed E-state index contributed by atoms with van der Waals surface area (Å²) < 4.78 is 9.95. The Morgan fingerprint density at radius 1 is 1.14 bits per heavy atom. The van der Waals surface area contributed by atoms with Crippen molar-refractivity contribution >= 4 is 23.5 Å². The highest BCUT2D eigenvalue weighted by Crippen LogP contribution is 2.15. The molecule has 21 heavy (non-hydrogen) atoms. The van der Waals surface area contributed by atoms with E-state index in [1.807, 2.05) is 0 Å². The first kappa shape index (κ1) is 17.3. The molecule has 1 N–H and O–H groups in total. The van der Waals surface area contributed by atoms with E-state index >= 15 is 0 Å². The normalized spacial score (nSPS) is 10.0. The number of amides is 1. The highest BCUT2D eigenvalue weighted by molar-refractivity contribution is 6.30. The summed E-state index contributed by atoms with van der Waals surface area (Å²) >= 11 is 5.76. The fourth-order valence-corrected chi connectivity index (χ4v) is 1.73. The minimum atomic E-state index is -0.224.